The second kappa shape index (κ2) is 5.27. The van der Waals surface area contributed by atoms with Crippen molar-refractivity contribution in [3.8, 4) is 0 Å². The third kappa shape index (κ3) is 3.24. The number of carbonyl (C=O) groups is 1. The molecule has 1 heterocycles. The van der Waals surface area contributed by atoms with Gasteiger partial charge < -0.3 is 9.64 Å². The smallest absolute Gasteiger partial charge is 0.409 e. The van der Waals surface area contributed by atoms with Crippen molar-refractivity contribution >= 4 is 13.9 Å². The van der Waals surface area contributed by atoms with Crippen molar-refractivity contribution < 1.29 is 9.53 Å². The lowest BCUT2D eigenvalue weighted by atomic mass is 9.96. The normalized spacial score (nSPS) is 21.8. The van der Waals surface area contributed by atoms with E-state index in [-0.39, 0.29) is 12.0 Å². The Bertz CT molecular complexity index is 197. The minimum atomic E-state index is -0.262. The molecule has 1 amide bonds. The van der Waals surface area contributed by atoms with Crippen molar-refractivity contribution in [3.05, 3.63) is 0 Å². The van der Waals surface area contributed by atoms with Crippen LogP contribution < -0.4 is 0 Å². The molecular formula is C10H18BNO2. The fourth-order valence-electron chi connectivity index (χ4n) is 1.56. The van der Waals surface area contributed by atoms with Crippen LogP contribution >= 0.6 is 0 Å². The Morgan fingerprint density at radius 3 is 2.79 bits per heavy atom. The van der Waals surface area contributed by atoms with Gasteiger partial charge in [-0.15, -0.1) is 0 Å². The highest BCUT2D eigenvalue weighted by Crippen LogP contribution is 2.12. The third-order valence-corrected chi connectivity index (χ3v) is 2.44. The molecule has 0 aromatic heterocycles. The molecule has 0 spiro atoms. The molecule has 0 aliphatic carbocycles. The van der Waals surface area contributed by atoms with Crippen LogP contribution in [0.1, 0.15) is 33.1 Å². The van der Waals surface area contributed by atoms with Gasteiger partial charge in [0.1, 0.15) is 14.5 Å². The van der Waals surface area contributed by atoms with Crippen molar-refractivity contribution in [2.75, 3.05) is 13.2 Å². The van der Waals surface area contributed by atoms with Crippen LogP contribution in [0, 0.1) is 5.92 Å². The molecule has 1 fully saturated rings. The first kappa shape index (κ1) is 11.4. The van der Waals surface area contributed by atoms with E-state index >= 15 is 0 Å². The summed E-state index contributed by atoms with van der Waals surface area (Å²) in [5, 5.41) is 0. The monoisotopic (exact) mass is 195 g/mol. The number of hydrogen-bond acceptors (Lipinski definition) is 2. The van der Waals surface area contributed by atoms with Gasteiger partial charge in [0.2, 0.25) is 0 Å². The van der Waals surface area contributed by atoms with Crippen LogP contribution in [0.3, 0.4) is 0 Å². The van der Waals surface area contributed by atoms with Crippen molar-refractivity contribution in [1.82, 2.24) is 4.90 Å². The van der Waals surface area contributed by atoms with Gasteiger partial charge in [-0.3, -0.25) is 0 Å². The lowest BCUT2D eigenvalue weighted by Gasteiger charge is -2.18. The molecule has 0 saturated carbocycles. The molecule has 4 heteroatoms. The second-order valence-corrected chi connectivity index (χ2v) is 4.23. The largest absolute Gasteiger partial charge is 0.448 e. The van der Waals surface area contributed by atoms with Crippen LogP contribution in [0.4, 0.5) is 4.79 Å². The summed E-state index contributed by atoms with van der Waals surface area (Å²) < 4.78 is 4.82. The molecule has 78 valence electrons. The maximum atomic E-state index is 11.1. The molecule has 1 aliphatic rings. The average molecular weight is 195 g/mol. The maximum Gasteiger partial charge on any atom is 0.409 e. The minimum Gasteiger partial charge on any atom is -0.448 e. The Morgan fingerprint density at radius 1 is 1.57 bits per heavy atom. The standard InChI is InChI=1S/C10H18BNO2/c1-8(2)5-3-4-6-12-9(11)7-14-10(12)13/h8-9H,3-7H2,1-2H3/t9-/m1/s1. The van der Waals surface area contributed by atoms with Crippen molar-refractivity contribution in [1.29, 1.82) is 0 Å². The number of unbranched alkanes of at least 4 members (excludes halogenated alkanes) is 1. The number of ether oxygens (including phenoxy) is 1. The van der Waals surface area contributed by atoms with Crippen molar-refractivity contribution in [3.63, 3.8) is 0 Å². The zero-order valence-electron chi connectivity index (χ0n) is 9.03. The van der Waals surface area contributed by atoms with Crippen LogP contribution in [-0.4, -0.2) is 37.9 Å². The Labute approximate surface area is 87.2 Å². The Balaban J connectivity index is 2.14. The maximum absolute atomic E-state index is 11.1. The second-order valence-electron chi connectivity index (χ2n) is 4.23. The van der Waals surface area contributed by atoms with Gasteiger partial charge in [0, 0.05) is 12.5 Å². The van der Waals surface area contributed by atoms with Gasteiger partial charge in [0.25, 0.3) is 0 Å². The van der Waals surface area contributed by atoms with E-state index in [2.05, 4.69) is 13.8 Å². The van der Waals surface area contributed by atoms with Gasteiger partial charge in [-0.2, -0.15) is 0 Å². The summed E-state index contributed by atoms with van der Waals surface area (Å²) in [6, 6.07) is 0. The molecule has 14 heavy (non-hydrogen) atoms. The summed E-state index contributed by atoms with van der Waals surface area (Å²) in [4.78, 5) is 12.7. The minimum absolute atomic E-state index is 0.235. The van der Waals surface area contributed by atoms with Crippen LogP contribution in [-0.2, 0) is 4.74 Å². The zero-order chi connectivity index (χ0) is 10.6. The van der Waals surface area contributed by atoms with Gasteiger partial charge in [0.05, 0.1) is 0 Å². The molecule has 2 radical (unpaired) electrons. The highest BCUT2D eigenvalue weighted by atomic mass is 16.6. The zero-order valence-corrected chi connectivity index (χ0v) is 9.03. The van der Waals surface area contributed by atoms with E-state index in [0.717, 1.165) is 25.3 Å². The first-order chi connectivity index (χ1) is 6.61. The van der Waals surface area contributed by atoms with Crippen LogP contribution in [0.5, 0.6) is 0 Å². The predicted octanol–water partition coefficient (Wildman–Crippen LogP) is 1.76. The molecule has 0 unspecified atom stereocenters. The number of rotatable bonds is 5. The highest BCUT2D eigenvalue weighted by Gasteiger charge is 2.27. The molecule has 0 aromatic carbocycles. The van der Waals surface area contributed by atoms with Crippen LogP contribution in [0.2, 0.25) is 0 Å². The van der Waals surface area contributed by atoms with Gasteiger partial charge >= 0.3 is 6.09 Å². The highest BCUT2D eigenvalue weighted by molar-refractivity contribution is 6.13. The van der Waals surface area contributed by atoms with E-state index in [1.807, 2.05) is 0 Å². The number of cyclic esters (lactones) is 1. The summed E-state index contributed by atoms with van der Waals surface area (Å²) in [6.45, 7) is 5.47. The van der Waals surface area contributed by atoms with Gasteiger partial charge in [-0.05, 0) is 12.3 Å². The quantitative estimate of drug-likeness (QED) is 0.494. The molecule has 0 bridgehead atoms. The van der Waals surface area contributed by atoms with E-state index < -0.39 is 0 Å². The van der Waals surface area contributed by atoms with Gasteiger partial charge in [-0.25, -0.2) is 4.79 Å². The summed E-state index contributed by atoms with van der Waals surface area (Å²) >= 11 is 0. The Hall–Kier alpha value is -0.665. The molecular weight excluding hydrogens is 177 g/mol. The fourth-order valence-corrected chi connectivity index (χ4v) is 1.56. The third-order valence-electron chi connectivity index (χ3n) is 2.44. The van der Waals surface area contributed by atoms with Crippen molar-refractivity contribution in [2.45, 2.75) is 39.1 Å². The summed E-state index contributed by atoms with van der Waals surface area (Å²) in [5.74, 6) is 0.496. The van der Waals surface area contributed by atoms with E-state index in [1.165, 1.54) is 6.42 Å². The van der Waals surface area contributed by atoms with E-state index in [4.69, 9.17) is 12.6 Å². The van der Waals surface area contributed by atoms with Gasteiger partial charge in [0.15, 0.2) is 0 Å². The first-order valence-electron chi connectivity index (χ1n) is 5.30. The summed E-state index contributed by atoms with van der Waals surface area (Å²) in [5.41, 5.74) is 0. The average Bonchev–Trinajstić information content (AvgIpc) is 2.42. The molecule has 1 rings (SSSR count). The van der Waals surface area contributed by atoms with Crippen molar-refractivity contribution in [2.24, 2.45) is 5.92 Å². The lowest BCUT2D eigenvalue weighted by Crippen LogP contribution is -2.34. The fraction of sp³-hybridized carbons (Fsp3) is 0.900. The molecule has 0 aromatic rings. The van der Waals surface area contributed by atoms with E-state index in [0.29, 0.717) is 6.61 Å². The first-order valence-corrected chi connectivity index (χ1v) is 5.30. The molecule has 3 nitrogen and oxygen atoms in total. The summed E-state index contributed by atoms with van der Waals surface area (Å²) in [6.07, 6.45) is 3.11. The van der Waals surface area contributed by atoms with E-state index in [9.17, 15) is 4.79 Å². The Kier molecular flexibility index (Phi) is 4.30. The molecule has 1 saturated heterocycles. The number of hydrogen-bond donors (Lipinski definition) is 0. The molecule has 1 aliphatic heterocycles. The number of amides is 1. The van der Waals surface area contributed by atoms with E-state index in [1.54, 1.807) is 4.90 Å². The van der Waals surface area contributed by atoms with Gasteiger partial charge in [-0.1, -0.05) is 26.7 Å². The van der Waals surface area contributed by atoms with Crippen LogP contribution in [0.25, 0.3) is 0 Å². The lowest BCUT2D eigenvalue weighted by molar-refractivity contribution is 0.157. The predicted molar refractivity (Wildman–Crippen MR) is 56.3 cm³/mol. The topological polar surface area (TPSA) is 29.5 Å². The number of nitrogens with zero attached hydrogens (tertiary/aromatic N) is 1. The SMILES string of the molecule is [B][C@H]1COC(=O)N1CCCCC(C)C. The summed E-state index contributed by atoms with van der Waals surface area (Å²) in [7, 11) is 5.69. The molecule has 1 atom stereocenters. The number of carbonyl (C=O) groups excluding carboxylic acids is 1. The molecule has 0 N–H and O–H groups in total. The van der Waals surface area contributed by atoms with Crippen LogP contribution in [0.15, 0.2) is 0 Å². The Morgan fingerprint density at radius 2 is 2.29 bits per heavy atom.